The van der Waals surface area contributed by atoms with E-state index < -0.39 is 0 Å². The summed E-state index contributed by atoms with van der Waals surface area (Å²) < 4.78 is 3.54. The Morgan fingerprint density at radius 3 is 2.92 bits per heavy atom. The predicted molar refractivity (Wildman–Crippen MR) is 106 cm³/mol. The van der Waals surface area contributed by atoms with Crippen molar-refractivity contribution in [2.75, 3.05) is 0 Å². The second-order valence-corrected chi connectivity index (χ2v) is 7.66. The molecule has 25 heavy (non-hydrogen) atoms. The molecule has 1 unspecified atom stereocenters. The topological polar surface area (TPSA) is 30.7 Å². The van der Waals surface area contributed by atoms with Crippen molar-refractivity contribution in [3.05, 3.63) is 69.6 Å². The Morgan fingerprint density at radius 2 is 2.16 bits per heavy atom. The normalized spacial score (nSPS) is 16.4. The van der Waals surface area contributed by atoms with Crippen LogP contribution in [0.4, 0.5) is 0 Å². The molecule has 0 bridgehead atoms. The van der Waals surface area contributed by atoms with Gasteiger partial charge in [0.15, 0.2) is 5.65 Å². The maximum absolute atomic E-state index is 4.95. The van der Waals surface area contributed by atoms with Gasteiger partial charge in [0.05, 0.1) is 6.04 Å². The fourth-order valence-electron chi connectivity index (χ4n) is 3.99. The number of nitrogens with zero attached hydrogens (tertiary/aromatic N) is 3. The van der Waals surface area contributed by atoms with Crippen LogP contribution >= 0.6 is 15.9 Å². The summed E-state index contributed by atoms with van der Waals surface area (Å²) in [6, 6.07) is 9.11. The van der Waals surface area contributed by atoms with E-state index in [2.05, 4.69) is 65.2 Å². The summed E-state index contributed by atoms with van der Waals surface area (Å²) in [5, 5.41) is 0. The SMILES string of the molecule is C=CCc1cc(C)c2nc(CC)n(C3CCc4cc(Br)ccc43)c2n1. The van der Waals surface area contributed by atoms with Crippen molar-refractivity contribution in [3.63, 3.8) is 0 Å². The van der Waals surface area contributed by atoms with Crippen LogP contribution in [-0.2, 0) is 19.3 Å². The molecule has 0 saturated carbocycles. The van der Waals surface area contributed by atoms with Crippen LogP contribution in [0.15, 0.2) is 41.4 Å². The number of hydrogen-bond acceptors (Lipinski definition) is 2. The van der Waals surface area contributed by atoms with E-state index in [0.717, 1.165) is 52.8 Å². The van der Waals surface area contributed by atoms with E-state index >= 15 is 0 Å². The van der Waals surface area contributed by atoms with Gasteiger partial charge >= 0.3 is 0 Å². The molecule has 3 aromatic rings. The average molecular weight is 396 g/mol. The molecular formula is C21H22BrN3. The molecular weight excluding hydrogens is 374 g/mol. The number of imidazole rings is 1. The number of hydrogen-bond donors (Lipinski definition) is 0. The number of pyridine rings is 1. The van der Waals surface area contributed by atoms with E-state index in [1.54, 1.807) is 0 Å². The number of aromatic nitrogens is 3. The molecule has 1 aliphatic carbocycles. The van der Waals surface area contributed by atoms with E-state index in [4.69, 9.17) is 9.97 Å². The lowest BCUT2D eigenvalue weighted by atomic mass is 10.1. The third kappa shape index (κ3) is 2.73. The van der Waals surface area contributed by atoms with E-state index in [-0.39, 0.29) is 0 Å². The highest BCUT2D eigenvalue weighted by Crippen LogP contribution is 2.38. The molecule has 1 aliphatic rings. The van der Waals surface area contributed by atoms with Gasteiger partial charge in [-0.05, 0) is 54.7 Å². The number of halogens is 1. The first-order valence-electron chi connectivity index (χ1n) is 8.89. The Hall–Kier alpha value is -1.94. The number of allylic oxidation sites excluding steroid dienone is 1. The lowest BCUT2D eigenvalue weighted by Crippen LogP contribution is -2.12. The van der Waals surface area contributed by atoms with Crippen molar-refractivity contribution < 1.29 is 0 Å². The molecule has 1 aromatic carbocycles. The van der Waals surface area contributed by atoms with Crippen LogP contribution in [0.25, 0.3) is 11.2 Å². The summed E-state index contributed by atoms with van der Waals surface area (Å²) in [6.07, 6.45) is 5.83. The standard InChI is InChI=1S/C21H22BrN3/c1-4-6-16-11-13(3)20-21(23-16)25(19(5-2)24-20)18-10-7-14-12-15(22)8-9-17(14)18/h4,8-9,11-12,18H,1,5-7,10H2,2-3H3. The molecule has 4 rings (SSSR count). The van der Waals surface area contributed by atoms with Crippen molar-refractivity contribution in [2.24, 2.45) is 0 Å². The quantitative estimate of drug-likeness (QED) is 0.558. The minimum Gasteiger partial charge on any atom is -0.305 e. The highest BCUT2D eigenvalue weighted by atomic mass is 79.9. The largest absolute Gasteiger partial charge is 0.305 e. The van der Waals surface area contributed by atoms with E-state index in [1.807, 2.05) is 6.08 Å². The minimum absolute atomic E-state index is 0.328. The number of fused-ring (bicyclic) bond motifs is 2. The number of benzene rings is 1. The fourth-order valence-corrected chi connectivity index (χ4v) is 4.40. The molecule has 2 heterocycles. The predicted octanol–water partition coefficient (Wildman–Crippen LogP) is 5.33. The maximum Gasteiger partial charge on any atom is 0.161 e. The smallest absolute Gasteiger partial charge is 0.161 e. The van der Waals surface area contributed by atoms with Gasteiger partial charge in [0.25, 0.3) is 0 Å². The molecule has 128 valence electrons. The molecule has 4 heteroatoms. The molecule has 2 aromatic heterocycles. The molecule has 0 amide bonds. The van der Waals surface area contributed by atoms with Crippen LogP contribution in [0.3, 0.4) is 0 Å². The molecule has 0 spiro atoms. The Labute approximate surface area is 156 Å². The first-order valence-corrected chi connectivity index (χ1v) is 9.68. The minimum atomic E-state index is 0.328. The van der Waals surface area contributed by atoms with Crippen molar-refractivity contribution in [3.8, 4) is 0 Å². The van der Waals surface area contributed by atoms with Gasteiger partial charge < -0.3 is 4.57 Å². The van der Waals surface area contributed by atoms with Crippen molar-refractivity contribution in [2.45, 2.75) is 45.6 Å². The Bertz CT molecular complexity index is 971. The van der Waals surface area contributed by atoms with Gasteiger partial charge in [-0.1, -0.05) is 35.0 Å². The van der Waals surface area contributed by atoms with Gasteiger partial charge in [0.2, 0.25) is 0 Å². The summed E-state index contributed by atoms with van der Waals surface area (Å²) in [5.74, 6) is 1.13. The monoisotopic (exact) mass is 395 g/mol. The van der Waals surface area contributed by atoms with E-state index in [1.165, 1.54) is 16.7 Å². The Kier molecular flexibility index (Phi) is 4.24. The summed E-state index contributed by atoms with van der Waals surface area (Å²) in [5.41, 5.74) is 7.17. The lowest BCUT2D eigenvalue weighted by molar-refractivity contribution is 0.566. The zero-order chi connectivity index (χ0) is 17.6. The third-order valence-corrected chi connectivity index (χ3v) is 5.59. The Morgan fingerprint density at radius 1 is 1.32 bits per heavy atom. The maximum atomic E-state index is 4.95. The molecule has 1 atom stereocenters. The summed E-state index contributed by atoms with van der Waals surface area (Å²) in [7, 11) is 0. The Balaban J connectivity index is 1.94. The van der Waals surface area contributed by atoms with E-state index in [0.29, 0.717) is 6.04 Å². The summed E-state index contributed by atoms with van der Waals surface area (Å²) >= 11 is 3.60. The van der Waals surface area contributed by atoms with Gasteiger partial charge in [-0.25, -0.2) is 9.97 Å². The zero-order valence-corrected chi connectivity index (χ0v) is 16.3. The summed E-state index contributed by atoms with van der Waals surface area (Å²) in [6.45, 7) is 8.17. The third-order valence-electron chi connectivity index (χ3n) is 5.10. The molecule has 3 nitrogen and oxygen atoms in total. The van der Waals surface area contributed by atoms with Gasteiger partial charge in [-0.3, -0.25) is 0 Å². The molecule has 0 saturated heterocycles. The first kappa shape index (κ1) is 16.5. The van der Waals surface area contributed by atoms with Crippen LogP contribution in [0.2, 0.25) is 0 Å². The first-order chi connectivity index (χ1) is 12.1. The van der Waals surface area contributed by atoms with Gasteiger partial charge in [0.1, 0.15) is 11.3 Å². The summed E-state index contributed by atoms with van der Waals surface area (Å²) in [4.78, 5) is 9.88. The molecule has 0 N–H and O–H groups in total. The van der Waals surface area contributed by atoms with Crippen LogP contribution in [0.1, 0.15) is 47.6 Å². The highest BCUT2D eigenvalue weighted by molar-refractivity contribution is 9.10. The van der Waals surface area contributed by atoms with Gasteiger partial charge in [0, 0.05) is 23.0 Å². The zero-order valence-electron chi connectivity index (χ0n) is 14.7. The second kappa shape index (κ2) is 6.41. The average Bonchev–Trinajstić information content (AvgIpc) is 3.15. The van der Waals surface area contributed by atoms with Gasteiger partial charge in [-0.2, -0.15) is 0 Å². The van der Waals surface area contributed by atoms with Crippen LogP contribution in [-0.4, -0.2) is 14.5 Å². The number of aryl methyl sites for hydroxylation is 3. The van der Waals surface area contributed by atoms with Crippen molar-refractivity contribution in [1.29, 1.82) is 0 Å². The van der Waals surface area contributed by atoms with Crippen molar-refractivity contribution >= 4 is 27.1 Å². The fraction of sp³-hybridized carbons (Fsp3) is 0.333. The van der Waals surface area contributed by atoms with Crippen LogP contribution in [0.5, 0.6) is 0 Å². The van der Waals surface area contributed by atoms with E-state index in [9.17, 15) is 0 Å². The number of rotatable bonds is 4. The van der Waals surface area contributed by atoms with Crippen LogP contribution in [0, 0.1) is 6.92 Å². The van der Waals surface area contributed by atoms with Crippen molar-refractivity contribution in [1.82, 2.24) is 14.5 Å². The second-order valence-electron chi connectivity index (χ2n) is 6.74. The molecule has 0 radical (unpaired) electrons. The van der Waals surface area contributed by atoms with Crippen LogP contribution < -0.4 is 0 Å². The molecule has 0 fully saturated rings. The van der Waals surface area contributed by atoms with Gasteiger partial charge in [-0.15, -0.1) is 6.58 Å². The molecule has 0 aliphatic heterocycles. The highest BCUT2D eigenvalue weighted by Gasteiger charge is 2.28. The lowest BCUT2D eigenvalue weighted by Gasteiger charge is -2.17.